The third-order valence-corrected chi connectivity index (χ3v) is 6.51. The minimum atomic E-state index is -3.76. The molecule has 1 heterocycles. The fourth-order valence-corrected chi connectivity index (χ4v) is 4.86. The van der Waals surface area contributed by atoms with E-state index < -0.39 is 15.8 Å². The van der Waals surface area contributed by atoms with Crippen LogP contribution in [0.25, 0.3) is 0 Å². The number of sulfone groups is 1. The van der Waals surface area contributed by atoms with Gasteiger partial charge in [0.1, 0.15) is 16.4 Å². The molecule has 0 amide bonds. The van der Waals surface area contributed by atoms with Gasteiger partial charge in [-0.2, -0.15) is 0 Å². The topological polar surface area (TPSA) is 92.7 Å². The Balaban J connectivity index is 1.82. The maximum atomic E-state index is 12.9. The molecule has 0 saturated carbocycles. The van der Waals surface area contributed by atoms with E-state index in [2.05, 4.69) is 5.32 Å². The maximum Gasteiger partial charge on any atom is 0.337 e. The molecule has 29 heavy (non-hydrogen) atoms. The summed E-state index contributed by atoms with van der Waals surface area (Å²) in [6, 6.07) is 17.5. The lowest BCUT2D eigenvalue weighted by molar-refractivity contribution is 0.0697. The van der Waals surface area contributed by atoms with Crippen LogP contribution in [0.5, 0.6) is 11.5 Å². The first-order valence-electron chi connectivity index (χ1n) is 9.03. The van der Waals surface area contributed by atoms with Gasteiger partial charge in [0.15, 0.2) is 9.84 Å². The molecule has 1 aliphatic heterocycles. The smallest absolute Gasteiger partial charge is 0.337 e. The van der Waals surface area contributed by atoms with Crippen molar-refractivity contribution in [2.24, 2.45) is 0 Å². The summed E-state index contributed by atoms with van der Waals surface area (Å²) in [6.07, 6.45) is 0. The fourth-order valence-electron chi connectivity index (χ4n) is 3.36. The highest BCUT2D eigenvalue weighted by molar-refractivity contribution is 7.90. The van der Waals surface area contributed by atoms with E-state index in [1.807, 2.05) is 43.3 Å². The van der Waals surface area contributed by atoms with Gasteiger partial charge in [-0.1, -0.05) is 48.5 Å². The molecule has 0 aliphatic carbocycles. The number of benzene rings is 3. The molecule has 0 bridgehead atoms. The van der Waals surface area contributed by atoms with Crippen LogP contribution in [0.15, 0.2) is 65.6 Å². The van der Waals surface area contributed by atoms with Crippen molar-refractivity contribution >= 4 is 21.5 Å². The molecule has 0 saturated heterocycles. The fraction of sp³-hybridized carbons (Fsp3) is 0.136. The highest BCUT2D eigenvalue weighted by atomic mass is 32.2. The second kappa shape index (κ2) is 7.25. The molecule has 148 valence electrons. The molecule has 0 unspecified atom stereocenters. The molecule has 2 N–H and O–H groups in total. The number of carboxylic acids is 1. The quantitative estimate of drug-likeness (QED) is 0.664. The van der Waals surface area contributed by atoms with Crippen LogP contribution in [-0.4, -0.2) is 19.5 Å². The standard InChI is InChI=1S/C22H19NO5S/c1-14-6-5-9-16-13-29(26,27)20-10-17(22(24)25)18(11-19(20)28-21(14)16)23-12-15-7-3-2-4-8-15/h2-11,23H,12-13H2,1H3,(H,24,25). The van der Waals surface area contributed by atoms with Gasteiger partial charge in [0.25, 0.3) is 0 Å². The Morgan fingerprint density at radius 3 is 2.59 bits per heavy atom. The van der Waals surface area contributed by atoms with Crippen LogP contribution in [0.1, 0.15) is 27.0 Å². The van der Waals surface area contributed by atoms with Crippen LogP contribution < -0.4 is 10.1 Å². The lowest BCUT2D eigenvalue weighted by Crippen LogP contribution is -2.10. The molecule has 4 rings (SSSR count). The summed E-state index contributed by atoms with van der Waals surface area (Å²) in [4.78, 5) is 11.7. The lowest BCUT2D eigenvalue weighted by Gasteiger charge is -2.15. The van der Waals surface area contributed by atoms with Gasteiger partial charge in [-0.3, -0.25) is 0 Å². The first-order chi connectivity index (χ1) is 13.8. The number of rotatable bonds is 4. The van der Waals surface area contributed by atoms with E-state index in [-0.39, 0.29) is 22.0 Å². The number of hydrogen-bond donors (Lipinski definition) is 2. The number of aryl methyl sites for hydroxylation is 1. The Bertz CT molecular complexity index is 1200. The van der Waals surface area contributed by atoms with E-state index in [0.717, 1.165) is 11.1 Å². The van der Waals surface area contributed by atoms with E-state index in [9.17, 15) is 18.3 Å². The molecular weight excluding hydrogens is 390 g/mol. The third kappa shape index (κ3) is 3.69. The van der Waals surface area contributed by atoms with E-state index in [1.54, 1.807) is 12.1 Å². The largest absolute Gasteiger partial charge is 0.478 e. The first-order valence-corrected chi connectivity index (χ1v) is 10.7. The van der Waals surface area contributed by atoms with Crippen molar-refractivity contribution in [2.45, 2.75) is 24.1 Å². The van der Waals surface area contributed by atoms with E-state index in [1.165, 1.54) is 12.1 Å². The van der Waals surface area contributed by atoms with Crippen LogP contribution in [0.2, 0.25) is 0 Å². The Morgan fingerprint density at radius 1 is 1.10 bits per heavy atom. The van der Waals surface area contributed by atoms with Crippen LogP contribution in [0.4, 0.5) is 5.69 Å². The number of hydrogen-bond acceptors (Lipinski definition) is 5. The molecule has 6 nitrogen and oxygen atoms in total. The molecule has 0 spiro atoms. The number of aromatic carboxylic acids is 1. The molecule has 1 aliphatic rings. The summed E-state index contributed by atoms with van der Waals surface area (Å²) in [7, 11) is -3.76. The van der Waals surface area contributed by atoms with Gasteiger partial charge in [0, 0.05) is 18.2 Å². The van der Waals surface area contributed by atoms with E-state index in [0.29, 0.717) is 23.5 Å². The van der Waals surface area contributed by atoms with Crippen LogP contribution in [-0.2, 0) is 22.1 Å². The van der Waals surface area contributed by atoms with Crippen molar-refractivity contribution in [3.05, 3.63) is 82.9 Å². The monoisotopic (exact) mass is 409 g/mol. The van der Waals surface area contributed by atoms with Gasteiger partial charge in [-0.25, -0.2) is 13.2 Å². The van der Waals surface area contributed by atoms with Crippen molar-refractivity contribution < 1.29 is 23.1 Å². The number of carbonyl (C=O) groups is 1. The summed E-state index contributed by atoms with van der Waals surface area (Å²) in [5.41, 5.74) is 2.51. The number of fused-ring (bicyclic) bond motifs is 2. The average Bonchev–Trinajstić information content (AvgIpc) is 2.80. The number of anilines is 1. The Labute approximate surface area is 168 Å². The predicted molar refractivity (Wildman–Crippen MR) is 109 cm³/mol. The molecule has 3 aromatic rings. The Hall–Kier alpha value is -3.32. The van der Waals surface area contributed by atoms with Crippen LogP contribution in [0.3, 0.4) is 0 Å². The molecule has 0 radical (unpaired) electrons. The van der Waals surface area contributed by atoms with Crippen LogP contribution >= 0.6 is 0 Å². The number of carboxylic acid groups (broad SMARTS) is 1. The second-order valence-electron chi connectivity index (χ2n) is 6.91. The SMILES string of the molecule is Cc1cccc2c1Oc1cc(NCc3ccccc3)c(C(=O)O)cc1S(=O)(=O)C2. The van der Waals surface area contributed by atoms with Crippen LogP contribution in [0, 0.1) is 6.92 Å². The van der Waals surface area contributed by atoms with Crippen molar-refractivity contribution in [2.75, 3.05) is 5.32 Å². The van der Waals surface area contributed by atoms with Gasteiger partial charge in [-0.15, -0.1) is 0 Å². The van der Waals surface area contributed by atoms with Crippen molar-refractivity contribution in [1.82, 2.24) is 0 Å². The van der Waals surface area contributed by atoms with E-state index >= 15 is 0 Å². The minimum absolute atomic E-state index is 0.115. The van der Waals surface area contributed by atoms with E-state index in [4.69, 9.17) is 4.74 Å². The lowest BCUT2D eigenvalue weighted by atomic mass is 10.1. The third-order valence-electron chi connectivity index (χ3n) is 4.83. The molecule has 0 atom stereocenters. The Morgan fingerprint density at radius 2 is 1.86 bits per heavy atom. The molecule has 3 aromatic carbocycles. The zero-order valence-corrected chi connectivity index (χ0v) is 16.5. The van der Waals surface area contributed by atoms with Gasteiger partial charge in [0.2, 0.25) is 0 Å². The first kappa shape index (κ1) is 19.0. The van der Waals surface area contributed by atoms with Gasteiger partial charge in [0.05, 0.1) is 17.0 Å². The number of ether oxygens (including phenoxy) is 1. The molecular formula is C22H19NO5S. The highest BCUT2D eigenvalue weighted by Crippen LogP contribution is 2.41. The zero-order chi connectivity index (χ0) is 20.6. The Kier molecular flexibility index (Phi) is 4.76. The van der Waals surface area contributed by atoms with Gasteiger partial charge in [-0.05, 0) is 24.1 Å². The molecule has 7 heteroatoms. The minimum Gasteiger partial charge on any atom is -0.478 e. The summed E-state index contributed by atoms with van der Waals surface area (Å²) in [5.74, 6) is -0.839. The number of para-hydroxylation sites is 1. The number of nitrogens with one attached hydrogen (secondary N) is 1. The van der Waals surface area contributed by atoms with Crippen molar-refractivity contribution in [3.63, 3.8) is 0 Å². The van der Waals surface area contributed by atoms with Crippen molar-refractivity contribution in [3.8, 4) is 11.5 Å². The van der Waals surface area contributed by atoms with Crippen molar-refractivity contribution in [1.29, 1.82) is 0 Å². The maximum absolute atomic E-state index is 12.9. The highest BCUT2D eigenvalue weighted by Gasteiger charge is 2.30. The normalized spacial score (nSPS) is 14.1. The zero-order valence-electron chi connectivity index (χ0n) is 15.7. The van der Waals surface area contributed by atoms with Gasteiger partial charge >= 0.3 is 5.97 Å². The summed E-state index contributed by atoms with van der Waals surface area (Å²) in [5, 5.41) is 12.7. The summed E-state index contributed by atoms with van der Waals surface area (Å²) >= 11 is 0. The summed E-state index contributed by atoms with van der Waals surface area (Å²) < 4.78 is 31.9. The predicted octanol–water partition coefficient (Wildman–Crippen LogP) is 4.38. The second-order valence-corrected chi connectivity index (χ2v) is 8.87. The molecule has 0 aromatic heterocycles. The van der Waals surface area contributed by atoms with Gasteiger partial charge < -0.3 is 15.2 Å². The summed E-state index contributed by atoms with van der Waals surface area (Å²) in [6.45, 7) is 2.24. The molecule has 0 fully saturated rings. The average molecular weight is 409 g/mol.